The number of aliphatic hydroxyl groups is 1. The topological polar surface area (TPSA) is 59.1 Å². The fourth-order valence-corrected chi connectivity index (χ4v) is 2.08. The van der Waals surface area contributed by atoms with E-state index in [1.165, 1.54) is 4.88 Å². The predicted molar refractivity (Wildman–Crippen MR) is 50.2 cm³/mol. The molecule has 0 aliphatic heterocycles. The number of hydrogen-bond donors (Lipinski definition) is 2. The molecule has 0 bridgehead atoms. The quantitative estimate of drug-likeness (QED) is 0.736. The summed E-state index contributed by atoms with van der Waals surface area (Å²) in [4.78, 5) is 5.15. The van der Waals surface area contributed by atoms with Crippen molar-refractivity contribution in [3.05, 3.63) is 16.6 Å². The molecule has 0 aliphatic carbocycles. The van der Waals surface area contributed by atoms with Gasteiger partial charge in [0.2, 0.25) is 0 Å². The van der Waals surface area contributed by atoms with Crippen LogP contribution in [-0.2, 0) is 0 Å². The number of nitrogens with two attached hydrogens (primary N) is 1. The molecule has 1 rings (SSSR count). The van der Waals surface area contributed by atoms with Gasteiger partial charge < -0.3 is 10.8 Å². The summed E-state index contributed by atoms with van der Waals surface area (Å²) in [6.07, 6.45) is 2.55. The summed E-state index contributed by atoms with van der Waals surface area (Å²) in [6.45, 7) is 2.14. The van der Waals surface area contributed by atoms with Crippen molar-refractivity contribution < 1.29 is 5.11 Å². The van der Waals surface area contributed by atoms with Crippen LogP contribution in [0, 0.1) is 0 Å². The number of aliphatic hydroxyl groups excluding tert-OH is 1. The standard InChI is InChI=1S/C8H14N2OS/c1-6(9)7(2-3-11)8-4-10-5-12-8/h4-7,11H,2-3,9H2,1H3. The minimum atomic E-state index is 0.0811. The summed E-state index contributed by atoms with van der Waals surface area (Å²) >= 11 is 1.60. The van der Waals surface area contributed by atoms with E-state index < -0.39 is 0 Å². The molecule has 0 saturated heterocycles. The van der Waals surface area contributed by atoms with Gasteiger partial charge in [-0.1, -0.05) is 0 Å². The van der Waals surface area contributed by atoms with Gasteiger partial charge in [-0.3, -0.25) is 4.98 Å². The summed E-state index contributed by atoms with van der Waals surface area (Å²) in [5, 5.41) is 8.81. The average Bonchev–Trinajstić information content (AvgIpc) is 2.51. The number of thiazole rings is 1. The highest BCUT2D eigenvalue weighted by molar-refractivity contribution is 7.09. The average molecular weight is 186 g/mol. The van der Waals surface area contributed by atoms with Gasteiger partial charge in [0.05, 0.1) is 5.51 Å². The first-order valence-corrected chi connectivity index (χ1v) is 4.88. The Labute approximate surface area is 76.3 Å². The number of hydrogen-bond acceptors (Lipinski definition) is 4. The molecule has 1 aromatic heterocycles. The zero-order chi connectivity index (χ0) is 8.97. The van der Waals surface area contributed by atoms with Crippen molar-refractivity contribution >= 4 is 11.3 Å². The third-order valence-corrected chi connectivity index (χ3v) is 2.80. The Kier molecular flexibility index (Phi) is 3.65. The third kappa shape index (κ3) is 2.27. The Balaban J connectivity index is 2.66. The normalized spacial score (nSPS) is 15.9. The van der Waals surface area contributed by atoms with Crippen LogP contribution in [0.3, 0.4) is 0 Å². The third-order valence-electron chi connectivity index (χ3n) is 1.89. The summed E-state index contributed by atoms with van der Waals surface area (Å²) in [6, 6.07) is 0.0811. The van der Waals surface area contributed by atoms with Gasteiger partial charge in [0.15, 0.2) is 0 Å². The highest BCUT2D eigenvalue weighted by Gasteiger charge is 2.16. The molecule has 2 atom stereocenters. The molecule has 4 heteroatoms. The van der Waals surface area contributed by atoms with E-state index in [4.69, 9.17) is 10.8 Å². The van der Waals surface area contributed by atoms with E-state index in [0.29, 0.717) is 0 Å². The second-order valence-electron chi connectivity index (χ2n) is 2.88. The molecule has 0 radical (unpaired) electrons. The van der Waals surface area contributed by atoms with Gasteiger partial charge in [-0.15, -0.1) is 11.3 Å². The number of nitrogens with zero attached hydrogens (tertiary/aromatic N) is 1. The number of rotatable bonds is 4. The molecule has 68 valence electrons. The van der Waals surface area contributed by atoms with Crippen molar-refractivity contribution in [3.8, 4) is 0 Å². The molecule has 1 heterocycles. The Morgan fingerprint density at radius 3 is 2.92 bits per heavy atom. The summed E-state index contributed by atoms with van der Waals surface area (Å²) in [5.74, 6) is 0.252. The van der Waals surface area contributed by atoms with Crippen LogP contribution in [0.4, 0.5) is 0 Å². The summed E-state index contributed by atoms with van der Waals surface area (Å²) < 4.78 is 0. The van der Waals surface area contributed by atoms with Crippen LogP contribution >= 0.6 is 11.3 Å². The Morgan fingerprint density at radius 1 is 1.75 bits per heavy atom. The lowest BCUT2D eigenvalue weighted by atomic mass is 9.97. The molecular weight excluding hydrogens is 172 g/mol. The van der Waals surface area contributed by atoms with E-state index in [9.17, 15) is 0 Å². The second-order valence-corrected chi connectivity index (χ2v) is 3.80. The van der Waals surface area contributed by atoms with E-state index in [1.54, 1.807) is 16.8 Å². The lowest BCUT2D eigenvalue weighted by molar-refractivity contribution is 0.270. The van der Waals surface area contributed by atoms with Crippen molar-refractivity contribution in [2.24, 2.45) is 5.73 Å². The Bertz CT molecular complexity index is 211. The van der Waals surface area contributed by atoms with Crippen LogP contribution in [-0.4, -0.2) is 22.7 Å². The molecule has 0 aliphatic rings. The van der Waals surface area contributed by atoms with E-state index in [2.05, 4.69) is 4.98 Å². The first-order chi connectivity index (χ1) is 5.75. The van der Waals surface area contributed by atoms with Gasteiger partial charge in [0.1, 0.15) is 0 Å². The molecule has 0 spiro atoms. The maximum absolute atomic E-state index is 8.81. The predicted octanol–water partition coefficient (Wildman–Crippen LogP) is 0.956. The van der Waals surface area contributed by atoms with Crippen molar-refractivity contribution in [1.29, 1.82) is 0 Å². The van der Waals surface area contributed by atoms with Crippen LogP contribution in [0.2, 0.25) is 0 Å². The van der Waals surface area contributed by atoms with Crippen LogP contribution in [0.5, 0.6) is 0 Å². The van der Waals surface area contributed by atoms with Gasteiger partial charge in [-0.2, -0.15) is 0 Å². The van der Waals surface area contributed by atoms with Crippen molar-refractivity contribution in [3.63, 3.8) is 0 Å². The molecule has 3 N–H and O–H groups in total. The van der Waals surface area contributed by atoms with Crippen molar-refractivity contribution in [2.45, 2.75) is 25.3 Å². The van der Waals surface area contributed by atoms with Crippen molar-refractivity contribution in [1.82, 2.24) is 4.98 Å². The molecule has 1 aromatic rings. The number of aromatic nitrogens is 1. The maximum atomic E-state index is 8.81. The summed E-state index contributed by atoms with van der Waals surface area (Å²) in [7, 11) is 0. The fraction of sp³-hybridized carbons (Fsp3) is 0.625. The largest absolute Gasteiger partial charge is 0.396 e. The zero-order valence-electron chi connectivity index (χ0n) is 7.10. The molecule has 0 aromatic carbocycles. The summed E-state index contributed by atoms with van der Waals surface area (Å²) in [5.41, 5.74) is 7.58. The van der Waals surface area contributed by atoms with Gasteiger partial charge >= 0.3 is 0 Å². The minimum absolute atomic E-state index is 0.0811. The lowest BCUT2D eigenvalue weighted by Crippen LogP contribution is -2.24. The molecule has 2 unspecified atom stereocenters. The van der Waals surface area contributed by atoms with Crippen molar-refractivity contribution in [2.75, 3.05) is 6.61 Å². The SMILES string of the molecule is CC(N)C(CCO)c1cncs1. The van der Waals surface area contributed by atoms with Crippen LogP contribution in [0.1, 0.15) is 24.1 Å². The first-order valence-electron chi connectivity index (χ1n) is 4.00. The van der Waals surface area contributed by atoms with Crippen LogP contribution < -0.4 is 5.73 Å². The molecule has 0 fully saturated rings. The molecule has 0 saturated carbocycles. The maximum Gasteiger partial charge on any atom is 0.0794 e. The smallest absolute Gasteiger partial charge is 0.0794 e. The Morgan fingerprint density at radius 2 is 2.50 bits per heavy atom. The second kappa shape index (κ2) is 4.54. The first kappa shape index (κ1) is 9.64. The Hall–Kier alpha value is -0.450. The van der Waals surface area contributed by atoms with E-state index in [-0.39, 0.29) is 18.6 Å². The minimum Gasteiger partial charge on any atom is -0.396 e. The van der Waals surface area contributed by atoms with Gasteiger partial charge in [0, 0.05) is 29.6 Å². The highest BCUT2D eigenvalue weighted by atomic mass is 32.1. The molecule has 0 amide bonds. The van der Waals surface area contributed by atoms with Gasteiger partial charge in [0.25, 0.3) is 0 Å². The van der Waals surface area contributed by atoms with E-state index in [1.807, 2.05) is 13.1 Å². The van der Waals surface area contributed by atoms with E-state index >= 15 is 0 Å². The van der Waals surface area contributed by atoms with Gasteiger partial charge in [-0.25, -0.2) is 0 Å². The zero-order valence-corrected chi connectivity index (χ0v) is 7.92. The molecule has 12 heavy (non-hydrogen) atoms. The molecule has 3 nitrogen and oxygen atoms in total. The van der Waals surface area contributed by atoms with Gasteiger partial charge in [-0.05, 0) is 13.3 Å². The van der Waals surface area contributed by atoms with Crippen LogP contribution in [0.15, 0.2) is 11.7 Å². The monoisotopic (exact) mass is 186 g/mol. The lowest BCUT2D eigenvalue weighted by Gasteiger charge is -2.17. The molecular formula is C8H14N2OS. The fourth-order valence-electron chi connectivity index (χ4n) is 1.21. The highest BCUT2D eigenvalue weighted by Crippen LogP contribution is 2.24. The van der Waals surface area contributed by atoms with Crippen LogP contribution in [0.25, 0.3) is 0 Å². The van der Waals surface area contributed by atoms with E-state index in [0.717, 1.165) is 6.42 Å².